The molecule has 2 fully saturated rings. The summed E-state index contributed by atoms with van der Waals surface area (Å²) in [6.07, 6.45) is 2.84. The molecule has 4 atom stereocenters. The van der Waals surface area contributed by atoms with Gasteiger partial charge in [0.05, 0.1) is 24.0 Å². The van der Waals surface area contributed by atoms with Crippen LogP contribution in [0.1, 0.15) is 67.8 Å². The van der Waals surface area contributed by atoms with Crippen LogP contribution >= 0.6 is 0 Å². The minimum absolute atomic E-state index is 0.0113. The number of amides is 1. The molecule has 1 aliphatic heterocycles. The molecule has 4 rings (SSSR count). The van der Waals surface area contributed by atoms with Crippen molar-refractivity contribution in [3.63, 3.8) is 0 Å². The normalized spacial score (nSPS) is 26.5. The highest BCUT2D eigenvalue weighted by Crippen LogP contribution is 2.39. The Morgan fingerprint density at radius 3 is 2.38 bits per heavy atom. The highest BCUT2D eigenvalue weighted by atomic mass is 19.4. The maximum atomic E-state index is 15.1. The van der Waals surface area contributed by atoms with Crippen molar-refractivity contribution in [1.29, 1.82) is 0 Å². The number of nitrogens with two attached hydrogens (primary N) is 1. The van der Waals surface area contributed by atoms with Crippen LogP contribution in [0.4, 0.5) is 17.6 Å². The van der Waals surface area contributed by atoms with Gasteiger partial charge in [0.15, 0.2) is 5.78 Å². The van der Waals surface area contributed by atoms with E-state index in [-0.39, 0.29) is 36.8 Å². The lowest BCUT2D eigenvalue weighted by Gasteiger charge is -2.38. The molecular formula is C30H38F4N2O4. The summed E-state index contributed by atoms with van der Waals surface area (Å²) in [6.45, 7) is 4.15. The van der Waals surface area contributed by atoms with E-state index in [2.05, 4.69) is 0 Å². The molecule has 1 amide bonds. The zero-order valence-corrected chi connectivity index (χ0v) is 22.9. The summed E-state index contributed by atoms with van der Waals surface area (Å²) in [5.41, 5.74) is 4.24. The highest BCUT2D eigenvalue weighted by molar-refractivity contribution is 6.00. The fourth-order valence-corrected chi connectivity index (χ4v) is 5.92. The first kappa shape index (κ1) is 30.2. The van der Waals surface area contributed by atoms with Gasteiger partial charge in [0.2, 0.25) is 5.91 Å². The first-order valence-corrected chi connectivity index (χ1v) is 13.9. The van der Waals surface area contributed by atoms with Crippen molar-refractivity contribution in [2.45, 2.75) is 64.1 Å². The van der Waals surface area contributed by atoms with Crippen LogP contribution in [0.15, 0.2) is 42.2 Å². The predicted molar refractivity (Wildman–Crippen MR) is 142 cm³/mol. The lowest BCUT2D eigenvalue weighted by Crippen LogP contribution is -2.46. The SMILES string of the molecule is CC(C)(CN1CCC(COC2=CCC(c3ccc(C(=O)[C@@H]4C[C@H](O)CC4C(N)=O)cc3F)C=C2)CC1)C(F)(F)F. The molecule has 10 heteroatoms. The van der Waals surface area contributed by atoms with Crippen LogP contribution < -0.4 is 5.73 Å². The van der Waals surface area contributed by atoms with E-state index in [1.54, 1.807) is 18.2 Å². The van der Waals surface area contributed by atoms with E-state index in [1.807, 2.05) is 17.1 Å². The molecule has 0 spiro atoms. The summed E-state index contributed by atoms with van der Waals surface area (Å²) >= 11 is 0. The van der Waals surface area contributed by atoms with Gasteiger partial charge >= 0.3 is 6.18 Å². The number of aliphatic hydroxyl groups excluding tert-OH is 1. The molecule has 1 saturated carbocycles. The number of hydrogen-bond donors (Lipinski definition) is 2. The highest BCUT2D eigenvalue weighted by Gasteiger charge is 2.48. The summed E-state index contributed by atoms with van der Waals surface area (Å²) in [6, 6.07) is 4.32. The molecule has 40 heavy (non-hydrogen) atoms. The molecule has 0 aromatic heterocycles. The van der Waals surface area contributed by atoms with Gasteiger partial charge in [0.25, 0.3) is 0 Å². The van der Waals surface area contributed by atoms with E-state index in [4.69, 9.17) is 10.5 Å². The number of nitrogens with zero attached hydrogens (tertiary/aromatic N) is 1. The molecule has 0 bridgehead atoms. The third-order valence-electron chi connectivity index (χ3n) is 8.57. The van der Waals surface area contributed by atoms with E-state index >= 15 is 4.39 Å². The second-order valence-corrected chi connectivity index (χ2v) is 12.1. The number of hydrogen-bond acceptors (Lipinski definition) is 5. The molecule has 0 radical (unpaired) electrons. The standard InChI is InChI=1S/C30H38F4N2O4/c1-29(2,30(32,33)34)17-36-11-9-18(10-12-36)16-40-22-6-3-19(4-7-22)23-8-5-20(13-26(23)31)27(38)24-14-21(37)15-25(24)28(35)39/h3,5-8,13,18-19,21,24-25,37H,4,9-12,14-17H2,1-2H3,(H2,35,39)/t19?,21-,24+,25?/m0/s1. The zero-order valence-electron chi connectivity index (χ0n) is 22.9. The average molecular weight is 567 g/mol. The Morgan fingerprint density at radius 2 is 1.80 bits per heavy atom. The number of primary amides is 1. The van der Waals surface area contributed by atoms with Crippen molar-refractivity contribution < 1.29 is 37.0 Å². The molecule has 1 aromatic rings. The summed E-state index contributed by atoms with van der Waals surface area (Å²) < 4.78 is 60.6. The number of rotatable bonds is 9. The van der Waals surface area contributed by atoms with Gasteiger partial charge in [-0.2, -0.15) is 13.2 Å². The molecule has 2 aliphatic carbocycles. The van der Waals surface area contributed by atoms with Crippen LogP contribution in [0.3, 0.4) is 0 Å². The number of alkyl halides is 3. The van der Waals surface area contributed by atoms with Crippen LogP contribution in [-0.4, -0.2) is 60.2 Å². The second-order valence-electron chi connectivity index (χ2n) is 12.1. The Kier molecular flexibility index (Phi) is 9.09. The summed E-state index contributed by atoms with van der Waals surface area (Å²) in [4.78, 5) is 26.5. The number of Topliss-reactive ketones (excluding diaryl/α,β-unsaturated/α-hetero) is 1. The van der Waals surface area contributed by atoms with Crippen LogP contribution in [0.2, 0.25) is 0 Å². The monoisotopic (exact) mass is 566 g/mol. The number of piperidine rings is 1. The Balaban J connectivity index is 1.26. The molecular weight excluding hydrogens is 528 g/mol. The van der Waals surface area contributed by atoms with Crippen LogP contribution in [-0.2, 0) is 9.53 Å². The van der Waals surface area contributed by atoms with Crippen molar-refractivity contribution in [2.75, 3.05) is 26.2 Å². The largest absolute Gasteiger partial charge is 0.494 e. The fourth-order valence-electron chi connectivity index (χ4n) is 5.92. The maximum absolute atomic E-state index is 15.1. The van der Waals surface area contributed by atoms with Gasteiger partial charge in [0.1, 0.15) is 11.6 Å². The lowest BCUT2D eigenvalue weighted by molar-refractivity contribution is -0.217. The van der Waals surface area contributed by atoms with E-state index < -0.39 is 47.0 Å². The number of ketones is 1. The van der Waals surface area contributed by atoms with Gasteiger partial charge in [-0.05, 0) is 88.7 Å². The number of benzene rings is 1. The molecule has 6 nitrogen and oxygen atoms in total. The van der Waals surface area contributed by atoms with Crippen LogP contribution in [0.25, 0.3) is 0 Å². The van der Waals surface area contributed by atoms with E-state index in [1.165, 1.54) is 19.9 Å². The van der Waals surface area contributed by atoms with Crippen molar-refractivity contribution in [3.05, 3.63) is 59.1 Å². The molecule has 2 unspecified atom stereocenters. The number of halogens is 4. The number of aliphatic hydroxyl groups is 1. The predicted octanol–water partition coefficient (Wildman–Crippen LogP) is 5.13. The molecule has 1 aromatic carbocycles. The first-order valence-electron chi connectivity index (χ1n) is 13.9. The van der Waals surface area contributed by atoms with E-state index in [9.17, 15) is 27.9 Å². The summed E-state index contributed by atoms with van der Waals surface area (Å²) in [5, 5.41) is 9.90. The van der Waals surface area contributed by atoms with Gasteiger partial charge < -0.3 is 20.5 Å². The number of likely N-dealkylation sites (tertiary alicyclic amines) is 1. The smallest absolute Gasteiger partial charge is 0.395 e. The second kappa shape index (κ2) is 12.0. The average Bonchev–Trinajstić information content (AvgIpc) is 3.29. The number of carbonyl (C=O) groups excluding carboxylic acids is 2. The number of allylic oxidation sites excluding steroid dienone is 3. The lowest BCUT2D eigenvalue weighted by atomic mass is 9.86. The van der Waals surface area contributed by atoms with Crippen LogP contribution in [0, 0.1) is 29.0 Å². The summed E-state index contributed by atoms with van der Waals surface area (Å²) in [7, 11) is 0. The first-order chi connectivity index (χ1) is 18.7. The summed E-state index contributed by atoms with van der Waals surface area (Å²) in [5.74, 6) is -2.36. The maximum Gasteiger partial charge on any atom is 0.395 e. The van der Waals surface area contributed by atoms with Gasteiger partial charge in [-0.1, -0.05) is 18.2 Å². The van der Waals surface area contributed by atoms with Crippen molar-refractivity contribution in [2.24, 2.45) is 28.9 Å². The van der Waals surface area contributed by atoms with E-state index in [0.717, 1.165) is 12.8 Å². The van der Waals surface area contributed by atoms with Crippen LogP contribution in [0.5, 0.6) is 0 Å². The quantitative estimate of drug-likeness (QED) is 0.320. The van der Waals surface area contributed by atoms with Crippen molar-refractivity contribution in [1.82, 2.24) is 4.90 Å². The zero-order chi connectivity index (χ0) is 29.2. The minimum Gasteiger partial charge on any atom is -0.494 e. The Morgan fingerprint density at radius 1 is 1.12 bits per heavy atom. The van der Waals surface area contributed by atoms with Gasteiger partial charge in [-0.25, -0.2) is 4.39 Å². The Labute approximate surface area is 232 Å². The van der Waals surface area contributed by atoms with Gasteiger partial charge in [-0.3, -0.25) is 9.59 Å². The Bertz CT molecular complexity index is 1150. The van der Waals surface area contributed by atoms with E-state index in [0.29, 0.717) is 37.4 Å². The molecule has 1 saturated heterocycles. The molecule has 3 aliphatic rings. The minimum atomic E-state index is -4.23. The number of carbonyl (C=O) groups is 2. The third-order valence-corrected chi connectivity index (χ3v) is 8.57. The van der Waals surface area contributed by atoms with Crippen molar-refractivity contribution in [3.8, 4) is 0 Å². The van der Waals surface area contributed by atoms with Gasteiger partial charge in [0, 0.05) is 23.9 Å². The van der Waals surface area contributed by atoms with Gasteiger partial charge in [-0.15, -0.1) is 0 Å². The molecule has 220 valence electrons. The number of ether oxygens (including phenoxy) is 1. The third kappa shape index (κ3) is 6.94. The van der Waals surface area contributed by atoms with Crippen molar-refractivity contribution >= 4 is 11.7 Å². The Hall–Kier alpha value is -2.72. The molecule has 1 heterocycles. The fraction of sp³-hybridized carbons (Fsp3) is 0.600. The molecule has 3 N–H and O–H groups in total. The topological polar surface area (TPSA) is 92.9 Å².